The Morgan fingerprint density at radius 2 is 0.511 bits per heavy atom. The van der Waals surface area contributed by atoms with E-state index in [1.807, 2.05) is 177 Å². The number of nitrogens with two attached hydrogens (primary N) is 4. The molecule has 0 spiro atoms. The summed E-state index contributed by atoms with van der Waals surface area (Å²) in [6.45, 7) is 12.1. The molecule has 4 aliphatic carbocycles. The van der Waals surface area contributed by atoms with Gasteiger partial charge in [-0.1, -0.05) is 72.8 Å². The average molecular weight is 1240 g/mol. The van der Waals surface area contributed by atoms with Crippen LogP contribution in [0.1, 0.15) is 55.4 Å². The number of rotatable bonds is 11. The quantitative estimate of drug-likeness (QED) is 0.108. The highest BCUT2D eigenvalue weighted by molar-refractivity contribution is 6.51. The SMILES string of the molecule is CC1=CC2=[N+]C(C)=c3ccccc3=C2C(=O)C1N.CC1=CC2=[N+]C(C)=c3ccccc3=C2C(=O)C1N.CC1=CC2=[N+]C(C)=c3ccccc3=C2C(=O)C1N.CC1=CC2=[N+]C(C)=c3ccccc3=C2C(=O)C1N.O=C([O-])CN(CCN(CC(=O)[O-])CC(=O)[O-])CC(=O)[O-]. The fourth-order valence-corrected chi connectivity index (χ4v) is 11.4. The minimum atomic E-state index is -1.53. The lowest BCUT2D eigenvalue weighted by Gasteiger charge is -2.28. The molecule has 0 saturated heterocycles. The van der Waals surface area contributed by atoms with Crippen molar-refractivity contribution in [2.45, 2.75) is 79.6 Å². The molecule has 4 aromatic carbocycles. The number of hydrogen-bond donors (Lipinski definition) is 4. The van der Waals surface area contributed by atoms with Crippen molar-refractivity contribution < 1.29 is 58.8 Å². The van der Waals surface area contributed by atoms with Crippen molar-refractivity contribution in [1.82, 2.24) is 29.8 Å². The first-order valence-corrected chi connectivity index (χ1v) is 29.3. The predicted molar refractivity (Wildman–Crippen MR) is 341 cm³/mol. The third kappa shape index (κ3) is 14.8. The number of ketones is 4. The van der Waals surface area contributed by atoms with Crippen molar-refractivity contribution in [3.63, 3.8) is 0 Å². The Kier molecular flexibility index (Phi) is 21.2. The van der Waals surface area contributed by atoms with Crippen LogP contribution in [0, 0.1) is 0 Å². The lowest BCUT2D eigenvalue weighted by Crippen LogP contribution is -2.50. The van der Waals surface area contributed by atoms with Crippen molar-refractivity contribution in [3.8, 4) is 0 Å². The van der Waals surface area contributed by atoms with E-state index >= 15 is 0 Å². The van der Waals surface area contributed by atoms with Gasteiger partial charge in [-0.25, -0.2) is 0 Å². The van der Waals surface area contributed by atoms with Crippen LogP contribution in [-0.4, -0.2) is 143 Å². The highest BCUT2D eigenvalue weighted by atomic mass is 16.4. The lowest BCUT2D eigenvalue weighted by atomic mass is 9.86. The van der Waals surface area contributed by atoms with Gasteiger partial charge in [0.05, 0.1) is 88.9 Å². The van der Waals surface area contributed by atoms with Crippen LogP contribution in [0.2, 0.25) is 0 Å². The summed E-state index contributed by atoms with van der Waals surface area (Å²) in [5.74, 6) is -6.25. The molecule has 8 aliphatic rings. The molecule has 12 rings (SSSR count). The molecule has 4 atom stereocenters. The summed E-state index contributed by atoms with van der Waals surface area (Å²) >= 11 is 0. The summed E-state index contributed by atoms with van der Waals surface area (Å²) < 4.78 is 0. The first kappa shape index (κ1) is 67.7. The van der Waals surface area contributed by atoms with E-state index in [4.69, 9.17) is 22.9 Å². The average Bonchev–Trinajstić information content (AvgIpc) is 0.787. The number of carboxylic acid groups (broad SMARTS) is 4. The van der Waals surface area contributed by atoms with Crippen LogP contribution in [0.4, 0.5) is 0 Å². The van der Waals surface area contributed by atoms with E-state index in [1.54, 1.807) is 0 Å². The van der Waals surface area contributed by atoms with Gasteiger partial charge in [0.25, 0.3) is 45.6 Å². The molecule has 8 N–H and O–H groups in total. The molecule has 4 unspecified atom stereocenters. The van der Waals surface area contributed by atoms with E-state index in [2.05, 4.69) is 20.0 Å². The summed E-state index contributed by atoms with van der Waals surface area (Å²) in [4.78, 5) is 111. The number of allylic oxidation sites excluding steroid dienone is 4. The molecule has 92 heavy (non-hydrogen) atoms. The van der Waals surface area contributed by atoms with Gasteiger partial charge in [0.15, 0.2) is 23.1 Å². The van der Waals surface area contributed by atoms with Crippen molar-refractivity contribution in [2.75, 3.05) is 39.3 Å². The summed E-state index contributed by atoms with van der Waals surface area (Å²) in [6, 6.07) is 29.2. The van der Waals surface area contributed by atoms with E-state index in [9.17, 15) is 58.8 Å². The smallest absolute Gasteiger partial charge is 0.289 e. The minimum Gasteiger partial charge on any atom is -0.549 e. The molecule has 470 valence electrons. The van der Waals surface area contributed by atoms with Gasteiger partial charge in [-0.2, -0.15) is 0 Å². The number of nitrogens with zero attached hydrogens (tertiary/aromatic N) is 6. The van der Waals surface area contributed by atoms with Gasteiger partial charge in [0.2, 0.25) is 0 Å². The molecule has 4 heterocycles. The molecule has 4 aromatic rings. The van der Waals surface area contributed by atoms with Gasteiger partial charge in [-0.15, -0.1) is 0 Å². The number of carbonyl (C=O) groups is 8. The Bertz CT molecular complexity index is 4110. The molecular formula is C70H68N10O12. The van der Waals surface area contributed by atoms with E-state index in [-0.39, 0.29) is 36.2 Å². The Balaban J connectivity index is 0.000000148. The third-order valence-corrected chi connectivity index (χ3v) is 16.2. The van der Waals surface area contributed by atoms with Crippen molar-refractivity contribution in [2.24, 2.45) is 22.9 Å². The van der Waals surface area contributed by atoms with Gasteiger partial charge in [-0.05, 0) is 74.3 Å². The van der Waals surface area contributed by atoms with Crippen LogP contribution < -0.4 is 105 Å². The van der Waals surface area contributed by atoms with E-state index in [1.165, 1.54) is 0 Å². The molecule has 22 heteroatoms. The molecule has 22 nitrogen and oxygen atoms in total. The van der Waals surface area contributed by atoms with Crippen molar-refractivity contribution >= 4 is 115 Å². The van der Waals surface area contributed by atoms with Gasteiger partial charge in [0, 0.05) is 112 Å². The zero-order valence-corrected chi connectivity index (χ0v) is 52.0. The second-order valence-corrected chi connectivity index (χ2v) is 22.8. The first-order valence-electron chi connectivity index (χ1n) is 29.3. The number of aliphatic imine (C=N–C) groups is 4. The fraction of sp³-hybridized carbons (Fsp3) is 0.257. The maximum Gasteiger partial charge on any atom is 0.289 e. The Morgan fingerprint density at radius 1 is 0.337 bits per heavy atom. The van der Waals surface area contributed by atoms with Gasteiger partial charge in [0.1, 0.15) is 22.3 Å². The molecule has 0 fully saturated rings. The van der Waals surface area contributed by atoms with E-state index in [0.29, 0.717) is 22.3 Å². The molecule has 0 amide bonds. The molecule has 0 saturated carbocycles. The number of carbonyl (C=O) groups excluding carboxylic acids is 8. The van der Waals surface area contributed by atoms with Crippen LogP contribution in [0.5, 0.6) is 0 Å². The summed E-state index contributed by atoms with van der Waals surface area (Å²) in [7, 11) is 0. The highest BCUT2D eigenvalue weighted by Crippen LogP contribution is 2.21. The number of carboxylic acids is 4. The Morgan fingerprint density at radius 3 is 0.685 bits per heavy atom. The van der Waals surface area contributed by atoms with Crippen molar-refractivity contribution in [1.29, 1.82) is 0 Å². The zero-order chi connectivity index (χ0) is 67.2. The molecular weight excluding hydrogens is 1170 g/mol. The normalized spacial score (nSPS) is 19.7. The number of Topliss-reactive ketones (excluding diaryl/α,β-unsaturated/α-hetero) is 4. The first-order chi connectivity index (χ1) is 43.6. The standard InChI is InChI=1S/4C15H14N2O.C10H16N2O8/c4*1-8-7-12-13(15(18)14(8)16)11-6-4-3-5-10(11)9(2)17-12;13-7(14)3-11(4-8(15)16)1-2-12(5-9(17)18)6-10(19)20/h4*3-7,14H,16H2,1-2H3;1-6H2,(H,13,14)(H,15,16)(H,17,18)(H,19,20)/q4*+1;/p-4. The van der Waals surface area contributed by atoms with Gasteiger partial charge >= 0.3 is 0 Å². The Hall–Kier alpha value is -10.2. The topological polar surface area (TPSA) is 396 Å². The molecule has 4 radical (unpaired) electrons. The van der Waals surface area contributed by atoms with Crippen LogP contribution >= 0.6 is 0 Å². The van der Waals surface area contributed by atoms with Crippen molar-refractivity contribution in [3.05, 3.63) is 185 Å². The van der Waals surface area contributed by atoms with Gasteiger partial charge in [-0.3, -0.25) is 29.0 Å². The largest absolute Gasteiger partial charge is 0.549 e. The Labute approximate surface area is 528 Å². The summed E-state index contributed by atoms with van der Waals surface area (Å²) in [6.07, 6.45) is 7.67. The van der Waals surface area contributed by atoms with E-state index < -0.39 is 74.2 Å². The lowest BCUT2D eigenvalue weighted by molar-refractivity contribution is -0.314. The molecule has 4 aliphatic heterocycles. The van der Waals surface area contributed by atoms with Crippen LogP contribution in [0.3, 0.4) is 0 Å². The van der Waals surface area contributed by atoms with Crippen LogP contribution in [-0.2, 0) is 38.4 Å². The third-order valence-electron chi connectivity index (χ3n) is 16.2. The minimum absolute atomic E-state index is 0.0336. The number of benzene rings is 4. The summed E-state index contributed by atoms with van der Waals surface area (Å²) in [5.41, 5.74) is 36.6. The van der Waals surface area contributed by atoms with Crippen LogP contribution in [0.15, 0.2) is 144 Å². The summed E-state index contributed by atoms with van der Waals surface area (Å²) in [5, 5.41) is 49.5. The highest BCUT2D eigenvalue weighted by Gasteiger charge is 2.40. The predicted octanol–water partition coefficient (Wildman–Crippen LogP) is -8.96. The maximum absolute atomic E-state index is 12.3. The monoisotopic (exact) mass is 1240 g/mol. The fourth-order valence-electron chi connectivity index (χ4n) is 11.4. The molecule has 0 aromatic heterocycles. The van der Waals surface area contributed by atoms with E-state index in [0.717, 1.165) is 119 Å². The number of hydrogen-bond acceptors (Lipinski definition) is 22. The number of aliphatic carboxylic acids is 4. The van der Waals surface area contributed by atoms with Gasteiger partial charge < -0.3 is 62.5 Å². The zero-order valence-electron chi connectivity index (χ0n) is 52.0. The number of fused-ring (bicyclic) bond motifs is 8. The second-order valence-electron chi connectivity index (χ2n) is 22.8. The maximum atomic E-state index is 12.3. The second kappa shape index (κ2) is 28.7. The van der Waals surface area contributed by atoms with Crippen LogP contribution in [0.25, 0.3) is 45.1 Å². The molecule has 0 bridgehead atoms.